The van der Waals surface area contributed by atoms with E-state index in [0.717, 1.165) is 62.3 Å². The lowest BCUT2D eigenvalue weighted by Crippen LogP contribution is -2.21. The molecule has 4 aromatic heterocycles. The molecule has 0 spiro atoms. The molecule has 0 radical (unpaired) electrons. The molecule has 0 bridgehead atoms. The van der Waals surface area contributed by atoms with Gasteiger partial charge in [0.25, 0.3) is 0 Å². The van der Waals surface area contributed by atoms with Crippen LogP contribution in [0.4, 0.5) is 0 Å². The second-order valence-corrected chi connectivity index (χ2v) is 8.13. The fourth-order valence-corrected chi connectivity index (χ4v) is 4.38. The lowest BCUT2D eigenvalue weighted by molar-refractivity contribution is 0.335. The molecule has 8 nitrogen and oxygen atoms in total. The highest BCUT2D eigenvalue weighted by Crippen LogP contribution is 2.32. The third-order valence-corrected chi connectivity index (χ3v) is 6.01. The minimum atomic E-state index is -0.131. The average Bonchev–Trinajstić information content (AvgIpc) is 3.28. The maximum Gasteiger partial charge on any atom is 0.333 e. The second-order valence-electron chi connectivity index (χ2n) is 8.13. The SMILES string of the molecule is CCOc1cc(-c2ccc3ncc4c(c3c2)n(-c2cn(C)nc2C)c(=O)n4C)cnc1CC. The van der Waals surface area contributed by atoms with Crippen molar-refractivity contribution in [1.82, 2.24) is 28.9 Å². The highest BCUT2D eigenvalue weighted by molar-refractivity contribution is 6.04. The molecule has 5 aromatic rings. The van der Waals surface area contributed by atoms with E-state index >= 15 is 0 Å². The van der Waals surface area contributed by atoms with E-state index in [4.69, 9.17) is 4.74 Å². The van der Waals surface area contributed by atoms with E-state index in [1.165, 1.54) is 0 Å². The van der Waals surface area contributed by atoms with Crippen LogP contribution in [0.15, 0.2) is 47.7 Å². The summed E-state index contributed by atoms with van der Waals surface area (Å²) in [4.78, 5) is 22.5. The number of rotatable bonds is 5. The highest BCUT2D eigenvalue weighted by atomic mass is 16.5. The molecule has 0 saturated carbocycles. The molecule has 5 rings (SSSR count). The minimum absolute atomic E-state index is 0.131. The zero-order valence-electron chi connectivity index (χ0n) is 19.5. The maximum absolute atomic E-state index is 13.3. The smallest absolute Gasteiger partial charge is 0.333 e. The van der Waals surface area contributed by atoms with Crippen molar-refractivity contribution in [2.45, 2.75) is 27.2 Å². The van der Waals surface area contributed by atoms with Gasteiger partial charge in [-0.25, -0.2) is 4.79 Å². The first-order valence-corrected chi connectivity index (χ1v) is 11.1. The first-order valence-electron chi connectivity index (χ1n) is 11.1. The molecule has 0 aliphatic carbocycles. The topological polar surface area (TPSA) is 79.8 Å². The van der Waals surface area contributed by atoms with Gasteiger partial charge in [-0.05, 0) is 44.0 Å². The van der Waals surface area contributed by atoms with Crippen molar-refractivity contribution in [1.29, 1.82) is 0 Å². The minimum Gasteiger partial charge on any atom is -0.492 e. The Kier molecular flexibility index (Phi) is 5.00. The Hall–Kier alpha value is -3.94. The quantitative estimate of drug-likeness (QED) is 0.412. The summed E-state index contributed by atoms with van der Waals surface area (Å²) < 4.78 is 10.9. The number of hydrogen-bond donors (Lipinski definition) is 0. The van der Waals surface area contributed by atoms with Crippen LogP contribution >= 0.6 is 0 Å². The van der Waals surface area contributed by atoms with Crippen LogP contribution in [0.25, 0.3) is 38.8 Å². The molecule has 4 heterocycles. The van der Waals surface area contributed by atoms with E-state index in [9.17, 15) is 4.79 Å². The van der Waals surface area contributed by atoms with Gasteiger partial charge in [-0.15, -0.1) is 0 Å². The van der Waals surface area contributed by atoms with Gasteiger partial charge in [-0.3, -0.25) is 23.8 Å². The van der Waals surface area contributed by atoms with Gasteiger partial charge in [-0.1, -0.05) is 13.0 Å². The molecule has 0 N–H and O–H groups in total. The van der Waals surface area contributed by atoms with Gasteiger partial charge in [0.1, 0.15) is 5.75 Å². The lowest BCUT2D eigenvalue weighted by Gasteiger charge is -2.11. The Morgan fingerprint density at radius 1 is 1.03 bits per heavy atom. The van der Waals surface area contributed by atoms with E-state index in [1.807, 2.05) is 51.5 Å². The number of aromatic nitrogens is 6. The summed E-state index contributed by atoms with van der Waals surface area (Å²) in [5.41, 5.74) is 6.69. The molecule has 0 fully saturated rings. The normalized spacial score (nSPS) is 11.5. The molecule has 0 aliphatic rings. The summed E-state index contributed by atoms with van der Waals surface area (Å²) in [5, 5.41) is 5.34. The van der Waals surface area contributed by atoms with E-state index in [-0.39, 0.29) is 5.69 Å². The molecule has 0 aliphatic heterocycles. The molecule has 0 atom stereocenters. The zero-order valence-corrected chi connectivity index (χ0v) is 19.5. The number of ether oxygens (including phenoxy) is 1. The largest absolute Gasteiger partial charge is 0.492 e. The standard InChI is InChI=1S/C25H26N6O2/c1-6-19-23(33-7-2)11-17(12-26-19)16-8-9-20-18(10-16)24-21(13-27-20)30(5)25(32)31(24)22-14-29(4)28-15(22)3/h8-14H,6-7H2,1-5H3. The molecule has 0 saturated heterocycles. The van der Waals surface area contributed by atoms with Crippen LogP contribution in [-0.4, -0.2) is 35.5 Å². The highest BCUT2D eigenvalue weighted by Gasteiger charge is 2.19. The molecular weight excluding hydrogens is 416 g/mol. The van der Waals surface area contributed by atoms with Crippen LogP contribution in [0.2, 0.25) is 0 Å². The first kappa shape index (κ1) is 20.9. The number of imidazole rings is 1. The molecular formula is C25H26N6O2. The van der Waals surface area contributed by atoms with Crippen LogP contribution in [0.5, 0.6) is 5.75 Å². The maximum atomic E-state index is 13.3. The molecule has 33 heavy (non-hydrogen) atoms. The van der Waals surface area contributed by atoms with Gasteiger partial charge in [0.2, 0.25) is 0 Å². The number of nitrogens with zero attached hydrogens (tertiary/aromatic N) is 6. The average molecular weight is 443 g/mol. The molecule has 0 unspecified atom stereocenters. The van der Waals surface area contributed by atoms with Crippen molar-refractivity contribution in [3.63, 3.8) is 0 Å². The molecule has 168 valence electrons. The van der Waals surface area contributed by atoms with Crippen LogP contribution in [0, 0.1) is 6.92 Å². The molecule has 0 amide bonds. The van der Waals surface area contributed by atoms with Gasteiger partial charge in [-0.2, -0.15) is 5.10 Å². The van der Waals surface area contributed by atoms with E-state index in [2.05, 4.69) is 28.1 Å². The Bertz CT molecular complexity index is 1570. The molecule has 1 aromatic carbocycles. The van der Waals surface area contributed by atoms with Gasteiger partial charge < -0.3 is 4.74 Å². The van der Waals surface area contributed by atoms with Gasteiger partial charge in [0.15, 0.2) is 0 Å². The Balaban J connectivity index is 1.80. The number of pyridine rings is 2. The van der Waals surface area contributed by atoms with E-state index in [0.29, 0.717) is 6.61 Å². The number of hydrogen-bond acceptors (Lipinski definition) is 5. The van der Waals surface area contributed by atoms with Crippen molar-refractivity contribution in [2.75, 3.05) is 6.61 Å². The van der Waals surface area contributed by atoms with Gasteiger partial charge >= 0.3 is 5.69 Å². The predicted octanol–water partition coefficient (Wildman–Crippen LogP) is 3.94. The number of benzene rings is 1. The van der Waals surface area contributed by atoms with Gasteiger partial charge in [0.05, 0.1) is 46.4 Å². The Labute approximate surface area is 191 Å². The van der Waals surface area contributed by atoms with Crippen molar-refractivity contribution in [3.8, 4) is 22.6 Å². The second kappa shape index (κ2) is 7.88. The summed E-state index contributed by atoms with van der Waals surface area (Å²) in [5.74, 6) is 0.802. The van der Waals surface area contributed by atoms with E-state index in [1.54, 1.807) is 27.1 Å². The van der Waals surface area contributed by atoms with Crippen molar-refractivity contribution < 1.29 is 4.74 Å². The number of fused-ring (bicyclic) bond motifs is 3. The van der Waals surface area contributed by atoms with Crippen molar-refractivity contribution in [2.24, 2.45) is 14.1 Å². The van der Waals surface area contributed by atoms with Crippen LogP contribution < -0.4 is 10.4 Å². The Morgan fingerprint density at radius 3 is 2.55 bits per heavy atom. The molecule has 8 heteroatoms. The van der Waals surface area contributed by atoms with Crippen LogP contribution in [-0.2, 0) is 20.5 Å². The first-order chi connectivity index (χ1) is 15.9. The fourth-order valence-electron chi connectivity index (χ4n) is 4.38. The van der Waals surface area contributed by atoms with Crippen molar-refractivity contribution in [3.05, 3.63) is 64.7 Å². The third-order valence-electron chi connectivity index (χ3n) is 6.01. The summed E-state index contributed by atoms with van der Waals surface area (Å²) >= 11 is 0. The Morgan fingerprint density at radius 2 is 1.85 bits per heavy atom. The van der Waals surface area contributed by atoms with Crippen LogP contribution in [0.1, 0.15) is 25.2 Å². The summed E-state index contributed by atoms with van der Waals surface area (Å²) in [6.07, 6.45) is 6.30. The lowest BCUT2D eigenvalue weighted by atomic mass is 10.0. The number of aryl methyl sites for hydroxylation is 4. The van der Waals surface area contributed by atoms with Crippen LogP contribution in [0.3, 0.4) is 0 Å². The van der Waals surface area contributed by atoms with Crippen molar-refractivity contribution >= 4 is 21.9 Å². The summed E-state index contributed by atoms with van der Waals surface area (Å²) in [7, 11) is 3.62. The summed E-state index contributed by atoms with van der Waals surface area (Å²) in [6.45, 7) is 6.53. The third kappa shape index (κ3) is 3.29. The zero-order chi connectivity index (χ0) is 23.3. The fraction of sp³-hybridized carbons (Fsp3) is 0.280. The summed E-state index contributed by atoms with van der Waals surface area (Å²) in [6, 6.07) is 8.12. The van der Waals surface area contributed by atoms with E-state index < -0.39 is 0 Å². The van der Waals surface area contributed by atoms with Gasteiger partial charge in [0, 0.05) is 37.4 Å². The predicted molar refractivity (Wildman–Crippen MR) is 129 cm³/mol. The monoisotopic (exact) mass is 442 g/mol.